The summed E-state index contributed by atoms with van der Waals surface area (Å²) in [5.74, 6) is 0. The zero-order valence-corrected chi connectivity index (χ0v) is 6.91. The fourth-order valence-corrected chi connectivity index (χ4v) is 0. The minimum atomic E-state index is 0.444. The van der Waals surface area contributed by atoms with Gasteiger partial charge < -0.3 is 0 Å². The second kappa shape index (κ2) is 1.67. The Balaban J connectivity index is 2.80. The molecule has 0 amide bonds. The van der Waals surface area contributed by atoms with E-state index in [0.717, 1.165) is 25.3 Å². The summed E-state index contributed by atoms with van der Waals surface area (Å²) in [5, 5.41) is 0. The van der Waals surface area contributed by atoms with Gasteiger partial charge in [0.2, 0.25) is 0 Å². The molecule has 0 aliphatic rings. The van der Waals surface area contributed by atoms with Gasteiger partial charge in [0.1, 0.15) is 0 Å². The third-order valence-corrected chi connectivity index (χ3v) is 0. The number of rotatable bonds is 0. The summed E-state index contributed by atoms with van der Waals surface area (Å²) in [6.07, 6.45) is 0. The lowest BCUT2D eigenvalue weighted by Gasteiger charge is -1.65. The Labute approximate surface area is 35.2 Å². The van der Waals surface area contributed by atoms with Gasteiger partial charge in [0, 0.05) is 0 Å². The van der Waals surface area contributed by atoms with Crippen LogP contribution >= 0.6 is 25.3 Å². The highest BCUT2D eigenvalue weighted by Gasteiger charge is 1.55. The SMILES string of the molecule is O=C([SH5])[SH5]. The van der Waals surface area contributed by atoms with Gasteiger partial charge in [-0.25, -0.2) is 0 Å². The van der Waals surface area contributed by atoms with Crippen molar-refractivity contribution in [3.63, 3.8) is 0 Å². The second-order valence-corrected chi connectivity index (χ2v) is 5.72. The van der Waals surface area contributed by atoms with Crippen molar-refractivity contribution < 1.29 is 4.79 Å². The largest absolute Gasteiger partial charge is 0.283 e. The van der Waals surface area contributed by atoms with Gasteiger partial charge >= 0.3 is 0 Å². The Morgan fingerprint density at radius 3 is 1.50 bits per heavy atom. The van der Waals surface area contributed by atoms with Gasteiger partial charge in [-0.15, -0.1) is 0 Å². The van der Waals surface area contributed by atoms with Gasteiger partial charge in [0.15, 0.2) is 4.45 Å². The number of carbonyl (C=O) groups excluding carboxylic acids is 1. The second-order valence-electron chi connectivity index (χ2n) is 0.908. The molecular weight excluding hydrogens is 92.1 g/mol. The first-order chi connectivity index (χ1) is 1.73. The normalized spacial score (nSPS) is 7.00. The molecule has 32 valence electrons. The van der Waals surface area contributed by atoms with E-state index in [1.165, 1.54) is 0 Å². The van der Waals surface area contributed by atoms with E-state index >= 15 is 0 Å². The first kappa shape index (κ1) is 4.37. The molecule has 0 bridgehead atoms. The van der Waals surface area contributed by atoms with Crippen LogP contribution in [0.25, 0.3) is 0 Å². The van der Waals surface area contributed by atoms with Gasteiger partial charge in [-0.3, -0.25) is 30.1 Å². The molecule has 0 aromatic rings. The summed E-state index contributed by atoms with van der Waals surface area (Å²) in [5.41, 5.74) is 0. The Morgan fingerprint density at radius 2 is 1.50 bits per heavy atom. The predicted molar refractivity (Wildman–Crippen MR) is 34.5 cm³/mol. The van der Waals surface area contributed by atoms with E-state index < -0.39 is 0 Å². The molecule has 0 spiro atoms. The molecule has 0 aliphatic carbocycles. The summed E-state index contributed by atoms with van der Waals surface area (Å²) in [6.45, 7) is 0. The van der Waals surface area contributed by atoms with Gasteiger partial charge in [0.25, 0.3) is 0 Å². The number of hydrogen-bond acceptors (Lipinski definition) is 1. The molecule has 1 nitrogen and oxygen atoms in total. The van der Waals surface area contributed by atoms with Gasteiger partial charge in [-0.05, 0) is 0 Å². The molecule has 0 N–H and O–H groups in total. The molecule has 0 rings (SSSR count). The monoisotopic (exact) mass is 102 g/mol. The maximum absolute atomic E-state index is 9.57. The average Bonchev–Trinajstić information content (AvgIpc) is 0.811. The quantitative estimate of drug-likeness (QED) is 0.376. The summed E-state index contributed by atoms with van der Waals surface area (Å²) >= 11 is 1.54. The molecule has 0 atom stereocenters. The Morgan fingerprint density at radius 1 is 1.50 bits per heavy atom. The zero-order chi connectivity index (χ0) is 3.58. The van der Waals surface area contributed by atoms with E-state index in [4.69, 9.17) is 0 Å². The third-order valence-electron chi connectivity index (χ3n) is 0. The number of hydrogen-bond donors (Lipinski definition) is 0. The van der Waals surface area contributed by atoms with Gasteiger partial charge in [-0.2, -0.15) is 0 Å². The fourth-order valence-electron chi connectivity index (χ4n) is 0. The van der Waals surface area contributed by atoms with Crippen LogP contribution in [0.4, 0.5) is 4.79 Å². The van der Waals surface area contributed by atoms with E-state index in [2.05, 4.69) is 0 Å². The van der Waals surface area contributed by atoms with Crippen molar-refractivity contribution in [2.24, 2.45) is 0 Å². The van der Waals surface area contributed by atoms with Crippen molar-refractivity contribution in [2.75, 3.05) is 0 Å². The van der Waals surface area contributed by atoms with Crippen LogP contribution in [0.5, 0.6) is 0 Å². The van der Waals surface area contributed by atoms with Crippen molar-refractivity contribution in [2.45, 2.75) is 0 Å². The van der Waals surface area contributed by atoms with Crippen LogP contribution in [-0.2, 0) is 0 Å². The lowest BCUT2D eigenvalue weighted by molar-refractivity contribution is 0.277. The van der Waals surface area contributed by atoms with E-state index in [1.54, 1.807) is 0 Å². The van der Waals surface area contributed by atoms with E-state index in [0.29, 0.717) is 4.45 Å². The molecule has 0 aromatic heterocycles. The van der Waals surface area contributed by atoms with Gasteiger partial charge in [0.05, 0.1) is 0 Å². The Kier molecular flexibility index (Phi) is 1.82. The summed E-state index contributed by atoms with van der Waals surface area (Å²) in [7, 11) is 0. The zero-order valence-electron chi connectivity index (χ0n) is 2.91. The van der Waals surface area contributed by atoms with E-state index in [-0.39, 0.29) is 0 Å². The lowest BCUT2D eigenvalue weighted by Crippen LogP contribution is -1.47. The first-order valence-electron chi connectivity index (χ1n) is 1.20. The van der Waals surface area contributed by atoms with Crippen LogP contribution in [0.1, 0.15) is 0 Å². The summed E-state index contributed by atoms with van der Waals surface area (Å²) < 4.78 is 0.444. The Hall–Kier alpha value is 0.370. The van der Waals surface area contributed by atoms with Crippen molar-refractivity contribution in [3.8, 4) is 0 Å². The maximum Gasteiger partial charge on any atom is 0.165 e. The molecule has 0 saturated heterocycles. The van der Waals surface area contributed by atoms with Crippen LogP contribution in [0, 0.1) is 0 Å². The molecule has 0 unspecified atom stereocenters. The summed E-state index contributed by atoms with van der Waals surface area (Å²) in [6, 6.07) is 0. The highest BCUT2D eigenvalue weighted by atomic mass is 32.2. The van der Waals surface area contributed by atoms with Gasteiger partial charge in [-0.1, -0.05) is 0 Å². The third kappa shape index (κ3) is 32.5. The fraction of sp³-hybridized carbons (Fsp3) is 0. The standard InChI is InChI=1S/CH10OS2/c2-1(3)4/h3-4H5. The van der Waals surface area contributed by atoms with Crippen molar-refractivity contribution in [1.82, 2.24) is 0 Å². The van der Waals surface area contributed by atoms with Crippen LogP contribution in [0.15, 0.2) is 0 Å². The maximum atomic E-state index is 9.57. The topological polar surface area (TPSA) is 17.1 Å². The first-order valence-corrected chi connectivity index (χ1v) is 3.20. The van der Waals surface area contributed by atoms with Crippen LogP contribution < -0.4 is 0 Å². The summed E-state index contributed by atoms with van der Waals surface area (Å²) in [4.78, 5) is 9.57. The molecule has 0 saturated carbocycles. The van der Waals surface area contributed by atoms with E-state index in [9.17, 15) is 4.79 Å². The highest BCUT2D eigenvalue weighted by Crippen LogP contribution is 1.81. The molecule has 0 fully saturated rings. The van der Waals surface area contributed by atoms with Crippen LogP contribution in [0.3, 0.4) is 0 Å². The van der Waals surface area contributed by atoms with Crippen molar-refractivity contribution in [3.05, 3.63) is 0 Å². The predicted octanol–water partition coefficient (Wildman–Crippen LogP) is -1.18. The van der Waals surface area contributed by atoms with Crippen LogP contribution in [-0.4, -0.2) is 4.45 Å². The smallest absolute Gasteiger partial charge is 0.165 e. The molecule has 0 heterocycles. The van der Waals surface area contributed by atoms with Crippen molar-refractivity contribution >= 4 is 29.7 Å². The van der Waals surface area contributed by atoms with Crippen LogP contribution in [0.2, 0.25) is 0 Å². The average molecular weight is 102 g/mol. The Bertz CT molecular complexity index is 29.0. The molecule has 0 aliphatic heterocycles. The van der Waals surface area contributed by atoms with E-state index in [1.807, 2.05) is 0 Å². The molecule has 0 aromatic carbocycles. The highest BCUT2D eigenvalue weighted by molar-refractivity contribution is 8.23. The molecular formula is CH10OS2. The molecule has 0 radical (unpaired) electrons. The number of carbonyl (C=O) groups is 1. The lowest BCUT2D eigenvalue weighted by atomic mass is 11.8. The molecule has 4 heavy (non-hydrogen) atoms. The minimum Gasteiger partial charge on any atom is -0.283 e. The minimum absolute atomic E-state index is 0.444. The molecule has 3 heteroatoms. The van der Waals surface area contributed by atoms with Crippen molar-refractivity contribution in [1.29, 1.82) is 0 Å².